The fourth-order valence-corrected chi connectivity index (χ4v) is 3.07. The molecule has 0 aliphatic carbocycles. The highest BCUT2D eigenvalue weighted by molar-refractivity contribution is 7.99. The minimum atomic E-state index is -0.0125. The van der Waals surface area contributed by atoms with Crippen molar-refractivity contribution in [1.82, 2.24) is 5.32 Å². The predicted molar refractivity (Wildman–Crippen MR) is 101 cm³/mol. The number of aryl methyl sites for hydroxylation is 2. The van der Waals surface area contributed by atoms with Gasteiger partial charge in [-0.25, -0.2) is 0 Å². The van der Waals surface area contributed by atoms with Crippen LogP contribution in [0.15, 0.2) is 53.4 Å². The number of carbonyl (C=O) groups excluding carboxylic acids is 1. The Labute approximate surface area is 148 Å². The van der Waals surface area contributed by atoms with Gasteiger partial charge in [0, 0.05) is 17.1 Å². The quantitative estimate of drug-likeness (QED) is 0.723. The van der Waals surface area contributed by atoms with Crippen LogP contribution in [0.1, 0.15) is 24.5 Å². The first kappa shape index (κ1) is 18.4. The van der Waals surface area contributed by atoms with Crippen LogP contribution in [0, 0.1) is 13.8 Å². The van der Waals surface area contributed by atoms with Crippen molar-refractivity contribution in [2.75, 3.05) is 12.4 Å². The Hall–Kier alpha value is -1.94. The molecule has 4 heteroatoms. The number of para-hydroxylation sites is 1. The zero-order valence-corrected chi connectivity index (χ0v) is 15.4. The van der Waals surface area contributed by atoms with Crippen LogP contribution in [0.25, 0.3) is 0 Å². The SMILES string of the molecule is Cc1ccc(SCCC(=O)N[C@H](C)COc2ccccc2C)cc1. The molecule has 0 spiro atoms. The van der Waals surface area contributed by atoms with Gasteiger partial charge in [-0.3, -0.25) is 4.79 Å². The molecule has 0 heterocycles. The van der Waals surface area contributed by atoms with Gasteiger partial charge in [0.05, 0.1) is 6.04 Å². The fraction of sp³-hybridized carbons (Fsp3) is 0.350. The maximum atomic E-state index is 12.0. The van der Waals surface area contributed by atoms with E-state index >= 15 is 0 Å². The molecule has 2 aromatic rings. The van der Waals surface area contributed by atoms with Gasteiger partial charge >= 0.3 is 0 Å². The first-order valence-corrected chi connectivity index (χ1v) is 9.20. The number of hydrogen-bond donors (Lipinski definition) is 1. The summed E-state index contributed by atoms with van der Waals surface area (Å²) in [7, 11) is 0. The topological polar surface area (TPSA) is 38.3 Å². The molecular formula is C20H25NO2S. The van der Waals surface area contributed by atoms with Crippen LogP contribution in [0.5, 0.6) is 5.75 Å². The molecule has 128 valence electrons. The molecule has 0 aliphatic heterocycles. The van der Waals surface area contributed by atoms with E-state index in [0.29, 0.717) is 13.0 Å². The summed E-state index contributed by atoms with van der Waals surface area (Å²) in [4.78, 5) is 13.2. The van der Waals surface area contributed by atoms with Gasteiger partial charge in [-0.05, 0) is 44.5 Å². The third kappa shape index (κ3) is 6.28. The van der Waals surface area contributed by atoms with Gasteiger partial charge in [0.1, 0.15) is 12.4 Å². The molecule has 0 radical (unpaired) electrons. The van der Waals surface area contributed by atoms with Crippen LogP contribution >= 0.6 is 11.8 Å². The van der Waals surface area contributed by atoms with Crippen LogP contribution in [0.2, 0.25) is 0 Å². The number of benzene rings is 2. The maximum Gasteiger partial charge on any atom is 0.221 e. The monoisotopic (exact) mass is 343 g/mol. The summed E-state index contributed by atoms with van der Waals surface area (Å²) >= 11 is 1.70. The smallest absolute Gasteiger partial charge is 0.221 e. The summed E-state index contributed by atoms with van der Waals surface area (Å²) in [6, 6.07) is 16.3. The first-order valence-electron chi connectivity index (χ1n) is 8.22. The molecule has 2 aromatic carbocycles. The highest BCUT2D eigenvalue weighted by Crippen LogP contribution is 2.19. The number of thioether (sulfide) groups is 1. The number of amides is 1. The largest absolute Gasteiger partial charge is 0.491 e. The summed E-state index contributed by atoms with van der Waals surface area (Å²) < 4.78 is 5.76. The average Bonchev–Trinajstić information content (AvgIpc) is 2.56. The summed E-state index contributed by atoms with van der Waals surface area (Å²) in [5.41, 5.74) is 2.35. The molecular weight excluding hydrogens is 318 g/mol. The number of ether oxygens (including phenoxy) is 1. The van der Waals surface area contributed by atoms with Crippen molar-refractivity contribution in [2.45, 2.75) is 38.1 Å². The Morgan fingerprint density at radius 3 is 2.54 bits per heavy atom. The highest BCUT2D eigenvalue weighted by atomic mass is 32.2. The molecule has 0 fully saturated rings. The van der Waals surface area contributed by atoms with E-state index in [9.17, 15) is 4.79 Å². The lowest BCUT2D eigenvalue weighted by molar-refractivity contribution is -0.121. The lowest BCUT2D eigenvalue weighted by Gasteiger charge is -2.16. The van der Waals surface area contributed by atoms with Gasteiger partial charge < -0.3 is 10.1 Å². The second-order valence-electron chi connectivity index (χ2n) is 5.96. The highest BCUT2D eigenvalue weighted by Gasteiger charge is 2.09. The van der Waals surface area contributed by atoms with Crippen molar-refractivity contribution in [3.05, 3.63) is 59.7 Å². The van der Waals surface area contributed by atoms with Crippen molar-refractivity contribution in [3.8, 4) is 5.75 Å². The standard InChI is InChI=1S/C20H25NO2S/c1-15-8-10-18(11-9-15)24-13-12-20(22)21-17(3)14-23-19-7-5-4-6-16(19)2/h4-11,17H,12-14H2,1-3H3,(H,21,22)/t17-/m1/s1. The Bertz CT molecular complexity index is 655. The maximum absolute atomic E-state index is 12.0. The number of nitrogens with one attached hydrogen (secondary N) is 1. The van der Waals surface area contributed by atoms with Crippen LogP contribution in [0.4, 0.5) is 0 Å². The first-order chi connectivity index (χ1) is 11.5. The molecule has 0 saturated carbocycles. The Morgan fingerprint density at radius 2 is 1.83 bits per heavy atom. The molecule has 0 unspecified atom stereocenters. The zero-order chi connectivity index (χ0) is 17.4. The predicted octanol–water partition coefficient (Wildman–Crippen LogP) is 4.37. The number of rotatable bonds is 8. The third-order valence-electron chi connectivity index (χ3n) is 3.61. The van der Waals surface area contributed by atoms with Crippen molar-refractivity contribution in [2.24, 2.45) is 0 Å². The molecule has 1 N–H and O–H groups in total. The van der Waals surface area contributed by atoms with Crippen molar-refractivity contribution < 1.29 is 9.53 Å². The van der Waals surface area contributed by atoms with Crippen LogP contribution in [-0.4, -0.2) is 24.3 Å². The van der Waals surface area contributed by atoms with Gasteiger partial charge in [0.15, 0.2) is 0 Å². The average molecular weight is 343 g/mol. The summed E-state index contributed by atoms with van der Waals surface area (Å²) in [5, 5.41) is 2.99. The molecule has 24 heavy (non-hydrogen) atoms. The minimum Gasteiger partial charge on any atom is -0.491 e. The fourth-order valence-electron chi connectivity index (χ4n) is 2.22. The lowest BCUT2D eigenvalue weighted by Crippen LogP contribution is -2.37. The molecule has 2 rings (SSSR count). The van der Waals surface area contributed by atoms with Gasteiger partial charge in [-0.2, -0.15) is 0 Å². The molecule has 0 aliphatic rings. The molecule has 0 bridgehead atoms. The molecule has 0 saturated heterocycles. The van der Waals surface area contributed by atoms with Crippen LogP contribution in [-0.2, 0) is 4.79 Å². The Balaban J connectivity index is 1.66. The van der Waals surface area contributed by atoms with Gasteiger partial charge in [0.2, 0.25) is 5.91 Å². The van der Waals surface area contributed by atoms with E-state index in [-0.39, 0.29) is 11.9 Å². The van der Waals surface area contributed by atoms with E-state index in [4.69, 9.17) is 4.74 Å². The van der Waals surface area contributed by atoms with Gasteiger partial charge in [-0.15, -0.1) is 11.8 Å². The van der Waals surface area contributed by atoms with E-state index in [1.54, 1.807) is 11.8 Å². The second-order valence-corrected chi connectivity index (χ2v) is 7.12. The molecule has 0 aromatic heterocycles. The summed E-state index contributed by atoms with van der Waals surface area (Å²) in [6.45, 7) is 6.52. The van der Waals surface area contributed by atoms with Crippen LogP contribution in [0.3, 0.4) is 0 Å². The molecule has 1 atom stereocenters. The van der Waals surface area contributed by atoms with Crippen molar-refractivity contribution >= 4 is 17.7 Å². The van der Waals surface area contributed by atoms with E-state index in [2.05, 4.69) is 36.5 Å². The molecule has 1 amide bonds. The van der Waals surface area contributed by atoms with Crippen molar-refractivity contribution in [3.63, 3.8) is 0 Å². The van der Waals surface area contributed by atoms with Crippen LogP contribution < -0.4 is 10.1 Å². The van der Waals surface area contributed by atoms with E-state index in [1.807, 2.05) is 38.1 Å². The Morgan fingerprint density at radius 1 is 1.12 bits per heavy atom. The summed E-state index contributed by atoms with van der Waals surface area (Å²) in [6.07, 6.45) is 0.507. The van der Waals surface area contributed by atoms with Crippen molar-refractivity contribution in [1.29, 1.82) is 0 Å². The normalized spacial score (nSPS) is 11.8. The molecule has 3 nitrogen and oxygen atoms in total. The third-order valence-corrected chi connectivity index (χ3v) is 4.62. The van der Waals surface area contributed by atoms with Gasteiger partial charge in [0.25, 0.3) is 0 Å². The second kappa shape index (κ2) is 9.38. The minimum absolute atomic E-state index is 0.0125. The zero-order valence-electron chi connectivity index (χ0n) is 14.5. The summed E-state index contributed by atoms with van der Waals surface area (Å²) in [5.74, 6) is 1.71. The van der Waals surface area contributed by atoms with E-state index < -0.39 is 0 Å². The number of carbonyl (C=O) groups is 1. The number of hydrogen-bond acceptors (Lipinski definition) is 3. The van der Waals surface area contributed by atoms with E-state index in [0.717, 1.165) is 17.1 Å². The van der Waals surface area contributed by atoms with E-state index in [1.165, 1.54) is 10.5 Å². The van der Waals surface area contributed by atoms with Gasteiger partial charge in [-0.1, -0.05) is 35.9 Å². The Kier molecular flexibility index (Phi) is 7.19. The lowest BCUT2D eigenvalue weighted by atomic mass is 10.2.